The normalized spacial score (nSPS) is 16.0. The summed E-state index contributed by atoms with van der Waals surface area (Å²) in [6.45, 7) is 0. The van der Waals surface area contributed by atoms with E-state index in [0.29, 0.717) is 11.4 Å². The highest BCUT2D eigenvalue weighted by Crippen LogP contribution is 2.38. The zero-order valence-corrected chi connectivity index (χ0v) is 15.4. The van der Waals surface area contributed by atoms with Crippen LogP contribution in [0.25, 0.3) is 0 Å². The summed E-state index contributed by atoms with van der Waals surface area (Å²) in [4.78, 5) is 15.0. The number of phenolic OH excluding ortho intramolecular Hbond substituents is 1. The van der Waals surface area contributed by atoms with Crippen LogP contribution in [-0.4, -0.2) is 18.1 Å². The predicted molar refractivity (Wildman–Crippen MR) is 109 cm³/mol. The molecule has 1 aliphatic heterocycles. The van der Waals surface area contributed by atoms with Crippen LogP contribution in [0.1, 0.15) is 11.6 Å². The molecule has 3 aromatic rings. The Balaban J connectivity index is 1.76. The van der Waals surface area contributed by atoms with Crippen molar-refractivity contribution in [2.45, 2.75) is 6.04 Å². The number of hydrogen-bond acceptors (Lipinski definition) is 4. The number of benzene rings is 3. The molecule has 0 spiro atoms. The minimum absolute atomic E-state index is 0.0634. The second kappa shape index (κ2) is 7.48. The Morgan fingerprint density at radius 2 is 1.64 bits per heavy atom. The zero-order valence-electron chi connectivity index (χ0n) is 15.4. The second-order valence-corrected chi connectivity index (χ2v) is 6.46. The van der Waals surface area contributed by atoms with Crippen molar-refractivity contribution in [3.63, 3.8) is 0 Å². The molecule has 0 radical (unpaired) electrons. The van der Waals surface area contributed by atoms with Crippen molar-refractivity contribution < 1.29 is 14.6 Å². The fraction of sp³-hybridized carbons (Fsp3) is 0.0870. The van der Waals surface area contributed by atoms with Crippen molar-refractivity contribution in [1.29, 1.82) is 0 Å². The number of nitrogens with zero attached hydrogens (tertiary/aromatic N) is 1. The zero-order chi connectivity index (χ0) is 19.5. The molecule has 0 unspecified atom stereocenters. The Morgan fingerprint density at radius 1 is 0.964 bits per heavy atom. The van der Waals surface area contributed by atoms with Gasteiger partial charge in [0.25, 0.3) is 5.91 Å². The van der Waals surface area contributed by atoms with Crippen molar-refractivity contribution in [2.75, 3.05) is 17.3 Å². The first kappa shape index (κ1) is 17.7. The highest BCUT2D eigenvalue weighted by atomic mass is 16.5. The average molecular weight is 372 g/mol. The molecule has 0 bridgehead atoms. The summed E-state index contributed by atoms with van der Waals surface area (Å²) in [6, 6.07) is 23.9. The standard InChI is InChI=1S/C23H20N2O3/c1-28-22-14-16(12-13-21(22)26)20-15-19(24-17-8-4-2-5-9-17)23(27)25(20)18-10-6-3-7-11-18/h2-15,20,24,26H,1H3/t20-/m0/s1. The van der Waals surface area contributed by atoms with Crippen LogP contribution in [-0.2, 0) is 4.79 Å². The van der Waals surface area contributed by atoms with E-state index in [1.165, 1.54) is 7.11 Å². The molecule has 4 rings (SSSR count). The van der Waals surface area contributed by atoms with Gasteiger partial charge in [-0.05, 0) is 48.0 Å². The van der Waals surface area contributed by atoms with Gasteiger partial charge in [0.05, 0.1) is 13.2 Å². The maximum atomic E-state index is 13.2. The van der Waals surface area contributed by atoms with Crippen molar-refractivity contribution in [1.82, 2.24) is 0 Å². The van der Waals surface area contributed by atoms with E-state index in [9.17, 15) is 9.90 Å². The Labute approximate surface area is 163 Å². The van der Waals surface area contributed by atoms with E-state index < -0.39 is 0 Å². The molecule has 0 aliphatic carbocycles. The van der Waals surface area contributed by atoms with Gasteiger partial charge in [0, 0.05) is 11.4 Å². The average Bonchev–Trinajstić information content (AvgIpc) is 3.06. The van der Waals surface area contributed by atoms with Crippen LogP contribution >= 0.6 is 0 Å². The summed E-state index contributed by atoms with van der Waals surface area (Å²) < 4.78 is 5.25. The topological polar surface area (TPSA) is 61.8 Å². The minimum atomic E-state index is -0.324. The Morgan fingerprint density at radius 3 is 2.32 bits per heavy atom. The highest BCUT2D eigenvalue weighted by molar-refractivity contribution is 6.11. The lowest BCUT2D eigenvalue weighted by Gasteiger charge is -2.25. The number of para-hydroxylation sites is 2. The summed E-state index contributed by atoms with van der Waals surface area (Å²) in [5, 5.41) is 13.1. The molecule has 140 valence electrons. The number of aromatic hydroxyl groups is 1. The first-order valence-electron chi connectivity index (χ1n) is 8.97. The summed E-state index contributed by atoms with van der Waals surface area (Å²) in [6.07, 6.45) is 1.90. The van der Waals surface area contributed by atoms with Gasteiger partial charge >= 0.3 is 0 Å². The van der Waals surface area contributed by atoms with E-state index in [1.54, 1.807) is 23.1 Å². The molecular formula is C23H20N2O3. The third kappa shape index (κ3) is 3.30. The van der Waals surface area contributed by atoms with Gasteiger partial charge in [-0.3, -0.25) is 9.69 Å². The molecule has 5 heteroatoms. The molecule has 0 saturated heterocycles. The van der Waals surface area contributed by atoms with Crippen LogP contribution in [0.4, 0.5) is 11.4 Å². The lowest BCUT2D eigenvalue weighted by atomic mass is 10.1. The van der Waals surface area contributed by atoms with E-state index >= 15 is 0 Å². The summed E-state index contributed by atoms with van der Waals surface area (Å²) in [5.41, 5.74) is 2.99. The van der Waals surface area contributed by atoms with Crippen molar-refractivity contribution in [2.24, 2.45) is 0 Å². The first-order chi connectivity index (χ1) is 13.7. The summed E-state index contributed by atoms with van der Waals surface area (Å²) in [5.74, 6) is 0.316. The lowest BCUT2D eigenvalue weighted by molar-refractivity contribution is -0.114. The van der Waals surface area contributed by atoms with Gasteiger partial charge in [-0.25, -0.2) is 0 Å². The monoisotopic (exact) mass is 372 g/mol. The molecule has 1 atom stereocenters. The number of hydrogen-bond donors (Lipinski definition) is 2. The maximum Gasteiger partial charge on any atom is 0.275 e. The van der Waals surface area contributed by atoms with Gasteiger partial charge in [0.1, 0.15) is 5.70 Å². The third-order valence-corrected chi connectivity index (χ3v) is 4.68. The van der Waals surface area contributed by atoms with Crippen molar-refractivity contribution in [3.05, 3.63) is 96.2 Å². The molecule has 1 heterocycles. The number of anilines is 2. The third-order valence-electron chi connectivity index (χ3n) is 4.68. The Kier molecular flexibility index (Phi) is 4.72. The van der Waals surface area contributed by atoms with Crippen molar-refractivity contribution >= 4 is 17.3 Å². The number of carbonyl (C=O) groups excluding carboxylic acids is 1. The Bertz CT molecular complexity index is 1020. The summed E-state index contributed by atoms with van der Waals surface area (Å²) in [7, 11) is 1.51. The maximum absolute atomic E-state index is 13.2. The molecule has 1 aliphatic rings. The molecule has 0 fully saturated rings. The molecular weight excluding hydrogens is 352 g/mol. The molecule has 3 aromatic carbocycles. The van der Waals surface area contributed by atoms with Gasteiger partial charge < -0.3 is 15.2 Å². The molecule has 5 nitrogen and oxygen atoms in total. The van der Waals surface area contributed by atoms with Gasteiger partial charge in [0.15, 0.2) is 11.5 Å². The Hall–Kier alpha value is -3.73. The van der Waals surface area contributed by atoms with E-state index in [0.717, 1.165) is 16.9 Å². The van der Waals surface area contributed by atoms with Crippen molar-refractivity contribution in [3.8, 4) is 11.5 Å². The highest BCUT2D eigenvalue weighted by Gasteiger charge is 2.35. The van der Waals surface area contributed by atoms with Gasteiger partial charge in [-0.1, -0.05) is 42.5 Å². The van der Waals surface area contributed by atoms with E-state index in [1.807, 2.05) is 66.7 Å². The van der Waals surface area contributed by atoms with Gasteiger partial charge in [-0.15, -0.1) is 0 Å². The first-order valence-corrected chi connectivity index (χ1v) is 8.97. The number of phenols is 1. The quantitative estimate of drug-likeness (QED) is 0.693. The minimum Gasteiger partial charge on any atom is -0.504 e. The molecule has 1 amide bonds. The SMILES string of the molecule is COc1cc([C@@H]2C=C(Nc3ccccc3)C(=O)N2c2ccccc2)ccc1O. The predicted octanol–water partition coefficient (Wildman–Crippen LogP) is 4.48. The molecule has 0 saturated carbocycles. The summed E-state index contributed by atoms with van der Waals surface area (Å²) >= 11 is 0. The number of rotatable bonds is 5. The van der Waals surface area contributed by atoms with Crippen LogP contribution in [0, 0.1) is 0 Å². The second-order valence-electron chi connectivity index (χ2n) is 6.46. The van der Waals surface area contributed by atoms with Crippen LogP contribution in [0.2, 0.25) is 0 Å². The molecule has 0 aromatic heterocycles. The van der Waals surface area contributed by atoms with Gasteiger partial charge in [-0.2, -0.15) is 0 Å². The van der Waals surface area contributed by atoms with Crippen LogP contribution in [0.3, 0.4) is 0 Å². The lowest BCUT2D eigenvalue weighted by Crippen LogP contribution is -2.30. The number of nitrogens with one attached hydrogen (secondary N) is 1. The molecule has 2 N–H and O–H groups in total. The van der Waals surface area contributed by atoms with E-state index in [2.05, 4.69) is 5.32 Å². The van der Waals surface area contributed by atoms with E-state index in [4.69, 9.17) is 4.74 Å². The fourth-order valence-corrected chi connectivity index (χ4v) is 3.32. The largest absolute Gasteiger partial charge is 0.504 e. The molecule has 28 heavy (non-hydrogen) atoms. The number of methoxy groups -OCH3 is 1. The van der Waals surface area contributed by atoms with Gasteiger partial charge in [0.2, 0.25) is 0 Å². The fourth-order valence-electron chi connectivity index (χ4n) is 3.32. The number of ether oxygens (including phenoxy) is 1. The van der Waals surface area contributed by atoms with E-state index in [-0.39, 0.29) is 17.7 Å². The van der Waals surface area contributed by atoms with Crippen LogP contribution in [0.15, 0.2) is 90.6 Å². The smallest absolute Gasteiger partial charge is 0.275 e. The van der Waals surface area contributed by atoms with Crippen LogP contribution < -0.4 is 15.0 Å². The number of carbonyl (C=O) groups is 1. The van der Waals surface area contributed by atoms with Crippen LogP contribution in [0.5, 0.6) is 11.5 Å². The number of amides is 1.